The summed E-state index contributed by atoms with van der Waals surface area (Å²) in [6, 6.07) is 4.34. The molecule has 0 amide bonds. The summed E-state index contributed by atoms with van der Waals surface area (Å²) in [6.07, 6.45) is -3.23. The van der Waals surface area contributed by atoms with Crippen molar-refractivity contribution in [3.8, 4) is 11.3 Å². The highest BCUT2D eigenvalue weighted by Crippen LogP contribution is 2.38. The lowest BCUT2D eigenvalue weighted by Crippen LogP contribution is -2.12. The highest BCUT2D eigenvalue weighted by Gasteiger charge is 2.35. The standard InChI is InChI=1S/C14H13F3N2O2/c1-8(2)19-12(5-6-18-19)10-4-3-9(13(20)21)7-11(10)14(15,16)17/h3-8H,1-2H3,(H,20,21). The van der Waals surface area contributed by atoms with Gasteiger partial charge in [-0.25, -0.2) is 4.79 Å². The topological polar surface area (TPSA) is 55.1 Å². The molecule has 21 heavy (non-hydrogen) atoms. The third-order valence-corrected chi connectivity index (χ3v) is 3.01. The number of benzene rings is 1. The zero-order valence-electron chi connectivity index (χ0n) is 11.3. The summed E-state index contributed by atoms with van der Waals surface area (Å²) in [5.41, 5.74) is -1.17. The molecule has 0 aliphatic rings. The van der Waals surface area contributed by atoms with Crippen LogP contribution in [0, 0.1) is 0 Å². The number of carboxylic acid groups (broad SMARTS) is 1. The van der Waals surface area contributed by atoms with Crippen molar-refractivity contribution in [1.29, 1.82) is 0 Å². The van der Waals surface area contributed by atoms with Crippen LogP contribution < -0.4 is 0 Å². The van der Waals surface area contributed by atoms with Crippen molar-refractivity contribution >= 4 is 5.97 Å². The fourth-order valence-corrected chi connectivity index (χ4v) is 2.07. The minimum absolute atomic E-state index is 0.0845. The largest absolute Gasteiger partial charge is 0.478 e. The number of carbonyl (C=O) groups is 1. The number of alkyl halides is 3. The summed E-state index contributed by atoms with van der Waals surface area (Å²) >= 11 is 0. The highest BCUT2D eigenvalue weighted by atomic mass is 19.4. The predicted molar refractivity (Wildman–Crippen MR) is 70.0 cm³/mol. The van der Waals surface area contributed by atoms with Gasteiger partial charge in [-0.15, -0.1) is 0 Å². The van der Waals surface area contributed by atoms with E-state index in [1.807, 2.05) is 0 Å². The van der Waals surface area contributed by atoms with E-state index in [-0.39, 0.29) is 11.6 Å². The Balaban J connectivity index is 2.68. The molecule has 7 heteroatoms. The second kappa shape index (κ2) is 5.23. The van der Waals surface area contributed by atoms with Crippen molar-refractivity contribution in [2.45, 2.75) is 26.1 Å². The Kier molecular flexibility index (Phi) is 3.76. The van der Waals surface area contributed by atoms with Crippen molar-refractivity contribution in [3.63, 3.8) is 0 Å². The molecule has 4 nitrogen and oxygen atoms in total. The molecule has 0 spiro atoms. The number of carboxylic acids is 1. The maximum Gasteiger partial charge on any atom is 0.417 e. The van der Waals surface area contributed by atoms with Gasteiger partial charge in [-0.1, -0.05) is 6.07 Å². The maximum absolute atomic E-state index is 13.2. The number of rotatable bonds is 3. The molecule has 0 radical (unpaired) electrons. The summed E-state index contributed by atoms with van der Waals surface area (Å²) in [4.78, 5) is 10.9. The third-order valence-electron chi connectivity index (χ3n) is 3.01. The zero-order valence-corrected chi connectivity index (χ0v) is 11.3. The molecule has 1 N–H and O–H groups in total. The first-order chi connectivity index (χ1) is 9.71. The van der Waals surface area contributed by atoms with E-state index >= 15 is 0 Å². The first-order valence-corrected chi connectivity index (χ1v) is 6.20. The Hall–Kier alpha value is -2.31. The molecule has 0 bridgehead atoms. The van der Waals surface area contributed by atoms with Gasteiger partial charge in [-0.05, 0) is 32.0 Å². The normalized spacial score (nSPS) is 11.9. The number of nitrogens with zero attached hydrogens (tertiary/aromatic N) is 2. The summed E-state index contributed by atoms with van der Waals surface area (Å²) in [5, 5.41) is 12.9. The van der Waals surface area contributed by atoms with Crippen molar-refractivity contribution in [2.24, 2.45) is 0 Å². The highest BCUT2D eigenvalue weighted by molar-refractivity contribution is 5.89. The van der Waals surface area contributed by atoms with E-state index in [1.54, 1.807) is 13.8 Å². The van der Waals surface area contributed by atoms with Gasteiger partial charge in [0.25, 0.3) is 0 Å². The number of hydrogen-bond donors (Lipinski definition) is 1. The van der Waals surface area contributed by atoms with Crippen LogP contribution in [0.3, 0.4) is 0 Å². The van der Waals surface area contributed by atoms with Crippen LogP contribution >= 0.6 is 0 Å². The molecule has 0 saturated heterocycles. The second-order valence-corrected chi connectivity index (χ2v) is 4.82. The SMILES string of the molecule is CC(C)n1nccc1-c1ccc(C(=O)O)cc1C(F)(F)F. The van der Waals surface area contributed by atoms with Gasteiger partial charge in [0.05, 0.1) is 16.8 Å². The lowest BCUT2D eigenvalue weighted by molar-refractivity contribution is -0.137. The number of halogens is 3. The monoisotopic (exact) mass is 298 g/mol. The average molecular weight is 298 g/mol. The van der Waals surface area contributed by atoms with E-state index in [9.17, 15) is 18.0 Å². The van der Waals surface area contributed by atoms with Gasteiger partial charge in [0.2, 0.25) is 0 Å². The maximum atomic E-state index is 13.2. The molecule has 0 aliphatic carbocycles. The van der Waals surface area contributed by atoms with Crippen LogP contribution in [-0.4, -0.2) is 20.9 Å². The van der Waals surface area contributed by atoms with Crippen molar-refractivity contribution in [2.75, 3.05) is 0 Å². The molecule has 0 atom stereocenters. The van der Waals surface area contributed by atoms with Gasteiger partial charge in [-0.2, -0.15) is 18.3 Å². The fraction of sp³-hybridized carbons (Fsp3) is 0.286. The average Bonchev–Trinajstić information content (AvgIpc) is 2.86. The van der Waals surface area contributed by atoms with Gasteiger partial charge < -0.3 is 5.11 Å². The van der Waals surface area contributed by atoms with Gasteiger partial charge in [-0.3, -0.25) is 4.68 Å². The van der Waals surface area contributed by atoms with Crippen molar-refractivity contribution in [3.05, 3.63) is 41.6 Å². The molecule has 0 aliphatic heterocycles. The fourth-order valence-electron chi connectivity index (χ4n) is 2.07. The van der Waals surface area contributed by atoms with Crippen molar-refractivity contribution < 1.29 is 23.1 Å². The van der Waals surface area contributed by atoms with E-state index in [1.165, 1.54) is 23.0 Å². The molecule has 2 aromatic rings. The molecule has 2 rings (SSSR count). The molecule has 112 valence electrons. The van der Waals surface area contributed by atoms with Crippen LogP contribution in [0.5, 0.6) is 0 Å². The Labute approximate surface area is 118 Å². The Morgan fingerprint density at radius 3 is 2.48 bits per heavy atom. The van der Waals surface area contributed by atoms with E-state index in [0.717, 1.165) is 6.07 Å². The van der Waals surface area contributed by atoms with Gasteiger partial charge in [0, 0.05) is 17.8 Å². The van der Waals surface area contributed by atoms with E-state index in [4.69, 9.17) is 5.11 Å². The minimum atomic E-state index is -4.65. The van der Waals surface area contributed by atoms with Crippen LogP contribution in [0.1, 0.15) is 35.8 Å². The summed E-state index contributed by atoms with van der Waals surface area (Å²) in [5.74, 6) is -1.40. The molecule has 1 aromatic heterocycles. The zero-order chi connectivity index (χ0) is 15.8. The van der Waals surface area contributed by atoms with Gasteiger partial charge in [0.1, 0.15) is 0 Å². The number of aromatic carboxylic acids is 1. The quantitative estimate of drug-likeness (QED) is 0.936. The van der Waals surface area contributed by atoms with Crippen LogP contribution in [0.15, 0.2) is 30.5 Å². The molecule has 0 unspecified atom stereocenters. The summed E-state index contributed by atoms with van der Waals surface area (Å²) in [7, 11) is 0. The number of aromatic nitrogens is 2. The van der Waals surface area contributed by atoms with Crippen LogP contribution in [0.2, 0.25) is 0 Å². The molecule has 1 aromatic carbocycles. The van der Waals surface area contributed by atoms with E-state index in [2.05, 4.69) is 5.10 Å². The first-order valence-electron chi connectivity index (χ1n) is 6.20. The lowest BCUT2D eigenvalue weighted by Gasteiger charge is -2.16. The van der Waals surface area contributed by atoms with Gasteiger partial charge >= 0.3 is 12.1 Å². The Morgan fingerprint density at radius 1 is 1.29 bits per heavy atom. The lowest BCUT2D eigenvalue weighted by atomic mass is 10.0. The molecular formula is C14H13F3N2O2. The van der Waals surface area contributed by atoms with Gasteiger partial charge in [0.15, 0.2) is 0 Å². The van der Waals surface area contributed by atoms with E-state index < -0.39 is 23.3 Å². The van der Waals surface area contributed by atoms with Crippen LogP contribution in [-0.2, 0) is 6.18 Å². The van der Waals surface area contributed by atoms with Crippen LogP contribution in [0.4, 0.5) is 13.2 Å². The van der Waals surface area contributed by atoms with Crippen LogP contribution in [0.25, 0.3) is 11.3 Å². The predicted octanol–water partition coefficient (Wildman–Crippen LogP) is 3.85. The minimum Gasteiger partial charge on any atom is -0.478 e. The summed E-state index contributed by atoms with van der Waals surface area (Å²) < 4.78 is 41.0. The Morgan fingerprint density at radius 2 is 1.95 bits per heavy atom. The first kappa shape index (κ1) is 15.1. The smallest absolute Gasteiger partial charge is 0.417 e. The molecule has 1 heterocycles. The molecule has 0 fully saturated rings. The summed E-state index contributed by atoms with van der Waals surface area (Å²) in [6.45, 7) is 3.60. The van der Waals surface area contributed by atoms with E-state index in [0.29, 0.717) is 11.8 Å². The third kappa shape index (κ3) is 2.91. The number of hydrogen-bond acceptors (Lipinski definition) is 2. The molecular weight excluding hydrogens is 285 g/mol. The second-order valence-electron chi connectivity index (χ2n) is 4.82. The van der Waals surface area contributed by atoms with Crippen molar-refractivity contribution in [1.82, 2.24) is 9.78 Å². The Bertz CT molecular complexity index is 675. The molecule has 0 saturated carbocycles.